The lowest BCUT2D eigenvalue weighted by Gasteiger charge is -2.26. The van der Waals surface area contributed by atoms with E-state index in [0.29, 0.717) is 50.6 Å². The van der Waals surface area contributed by atoms with Crippen molar-refractivity contribution in [1.82, 2.24) is 19.7 Å². The fraction of sp³-hybridized carbons (Fsp3) is 0.421. The van der Waals surface area contributed by atoms with Gasteiger partial charge in [0.05, 0.1) is 29.4 Å². The number of carbonyl (C=O) groups excluding carboxylic acids is 1. The van der Waals surface area contributed by atoms with E-state index < -0.39 is 49.2 Å². The second-order valence-corrected chi connectivity index (χ2v) is 9.26. The Morgan fingerprint density at radius 1 is 1.26 bits per heavy atom. The van der Waals surface area contributed by atoms with Gasteiger partial charge in [-0.1, -0.05) is 12.1 Å². The number of halogens is 3. The largest absolute Gasteiger partial charge is 0.417 e. The number of urea groups is 1. The molecule has 2 aromatic rings. The fourth-order valence-electron chi connectivity index (χ4n) is 2.92. The maximum absolute atomic E-state index is 13.4. The van der Waals surface area contributed by atoms with Gasteiger partial charge in [-0.15, -0.1) is 0 Å². The van der Waals surface area contributed by atoms with Gasteiger partial charge in [-0.3, -0.25) is 15.4 Å². The maximum Gasteiger partial charge on any atom is 0.417 e. The van der Waals surface area contributed by atoms with Gasteiger partial charge in [0.2, 0.25) is 11.9 Å². The minimum atomic E-state index is -5.28. The maximum atomic E-state index is 13.4. The summed E-state index contributed by atoms with van der Waals surface area (Å²) in [5, 5.41) is 16.7. The number of nitrogens with zero attached hydrogens (tertiary/aromatic N) is 6. The van der Waals surface area contributed by atoms with Gasteiger partial charge in [-0.25, -0.2) is 17.9 Å². The van der Waals surface area contributed by atoms with Crippen molar-refractivity contribution in [2.24, 2.45) is 5.16 Å². The molecule has 0 saturated carbocycles. The molecular weight excluding hydrogens is 541 g/mol. The first kappa shape index (κ1) is 28.4. The van der Waals surface area contributed by atoms with Crippen molar-refractivity contribution in [2.45, 2.75) is 31.3 Å². The van der Waals surface area contributed by atoms with Crippen LogP contribution in [0.2, 0.25) is 0 Å². The number of amides is 2. The highest BCUT2D eigenvalue weighted by atomic mass is 32.2. The number of alkyl halides is 3. The third kappa shape index (κ3) is 7.22. The topological polar surface area (TPSA) is 191 Å². The number of hydrogen-bond donors (Lipinski definition) is 2. The molecule has 15 nitrogen and oxygen atoms in total. The summed E-state index contributed by atoms with van der Waals surface area (Å²) in [6, 6.07) is -0.882. The van der Waals surface area contributed by atoms with E-state index in [9.17, 15) is 36.5 Å². The number of benzene rings is 1. The van der Waals surface area contributed by atoms with Crippen LogP contribution in [0.4, 0.5) is 35.5 Å². The number of ether oxygens (including phenoxy) is 1. The first-order valence-electron chi connectivity index (χ1n) is 10.8. The van der Waals surface area contributed by atoms with Crippen molar-refractivity contribution < 1.29 is 40.9 Å². The van der Waals surface area contributed by atoms with Gasteiger partial charge in [0.15, 0.2) is 0 Å². The van der Waals surface area contributed by atoms with E-state index in [1.165, 1.54) is 4.72 Å². The number of anilines is 2. The van der Waals surface area contributed by atoms with Crippen molar-refractivity contribution in [3.8, 4) is 6.01 Å². The molecule has 1 saturated heterocycles. The average molecular weight is 562 g/mol. The third-order valence-electron chi connectivity index (χ3n) is 4.91. The molecule has 0 atom stereocenters. The number of hydrogen-bond acceptors (Lipinski definition) is 12. The summed E-state index contributed by atoms with van der Waals surface area (Å²) in [4.78, 5) is 39.6. The minimum absolute atomic E-state index is 0.0375. The summed E-state index contributed by atoms with van der Waals surface area (Å²) in [6.45, 7) is 4.96. The Morgan fingerprint density at radius 3 is 2.55 bits per heavy atom. The van der Waals surface area contributed by atoms with Crippen LogP contribution in [0.15, 0.2) is 28.3 Å². The summed E-state index contributed by atoms with van der Waals surface area (Å²) < 4.78 is 72.2. The highest BCUT2D eigenvalue weighted by Crippen LogP contribution is 2.36. The van der Waals surface area contributed by atoms with Gasteiger partial charge < -0.3 is 14.5 Å². The molecule has 2 amide bonds. The fourth-order valence-corrected chi connectivity index (χ4v) is 4.04. The summed E-state index contributed by atoms with van der Waals surface area (Å²) in [5.41, 5.74) is -2.24. The number of sulfonamides is 1. The van der Waals surface area contributed by atoms with E-state index in [4.69, 9.17) is 9.57 Å². The lowest BCUT2D eigenvalue weighted by Crippen LogP contribution is -2.38. The molecule has 19 heteroatoms. The lowest BCUT2D eigenvalue weighted by atomic mass is 10.2. The van der Waals surface area contributed by atoms with E-state index in [1.54, 1.807) is 11.8 Å². The van der Waals surface area contributed by atoms with Crippen molar-refractivity contribution in [3.63, 3.8) is 0 Å². The number of nitro groups is 1. The smallest absolute Gasteiger partial charge is 0.378 e. The molecule has 0 unspecified atom stereocenters. The molecule has 0 aliphatic carbocycles. The van der Waals surface area contributed by atoms with Gasteiger partial charge in [0.25, 0.3) is 15.7 Å². The van der Waals surface area contributed by atoms with Gasteiger partial charge in [-0.2, -0.15) is 28.1 Å². The van der Waals surface area contributed by atoms with Gasteiger partial charge in [0.1, 0.15) is 4.90 Å². The zero-order valence-corrected chi connectivity index (χ0v) is 20.7. The van der Waals surface area contributed by atoms with Crippen LogP contribution in [0, 0.1) is 10.1 Å². The number of morpholine rings is 1. The van der Waals surface area contributed by atoms with Crippen molar-refractivity contribution in [1.29, 1.82) is 0 Å². The van der Waals surface area contributed by atoms with Crippen LogP contribution in [0.1, 0.15) is 25.8 Å². The SMILES string of the molecule is CC/C(C)=N/Oc1nc(NC(=O)NS(=O)(=O)c2ccc([N+](=O)[O-])cc2C(F)(F)F)nc(N2CCOCC2)n1. The zero-order valence-electron chi connectivity index (χ0n) is 19.9. The number of carbonyl (C=O) groups is 1. The van der Waals surface area contributed by atoms with Gasteiger partial charge in [0, 0.05) is 25.2 Å². The first-order valence-corrected chi connectivity index (χ1v) is 12.3. The molecule has 1 fully saturated rings. The first-order chi connectivity index (χ1) is 17.8. The van der Waals surface area contributed by atoms with Crippen LogP contribution < -0.4 is 19.8 Å². The zero-order chi connectivity index (χ0) is 28.1. The van der Waals surface area contributed by atoms with Crippen LogP contribution in [-0.2, 0) is 20.9 Å². The van der Waals surface area contributed by atoms with E-state index in [-0.39, 0.29) is 18.0 Å². The summed E-state index contributed by atoms with van der Waals surface area (Å²) in [6.07, 6.45) is -4.73. The monoisotopic (exact) mass is 562 g/mol. The molecule has 2 heterocycles. The summed E-state index contributed by atoms with van der Waals surface area (Å²) in [5.74, 6) is -0.455. The molecule has 3 rings (SSSR count). The van der Waals surface area contributed by atoms with Crippen molar-refractivity contribution >= 4 is 39.4 Å². The summed E-state index contributed by atoms with van der Waals surface area (Å²) in [7, 11) is -5.16. The molecule has 206 valence electrons. The molecular formula is C19H21F3N8O7S. The Bertz CT molecular complexity index is 1350. The number of aromatic nitrogens is 3. The molecule has 0 radical (unpaired) electrons. The predicted molar refractivity (Wildman–Crippen MR) is 124 cm³/mol. The normalized spacial score (nSPS) is 14.7. The Labute approximate surface area is 213 Å². The molecule has 2 N–H and O–H groups in total. The highest BCUT2D eigenvalue weighted by Gasteiger charge is 2.39. The van der Waals surface area contributed by atoms with Crippen LogP contribution in [0.5, 0.6) is 6.01 Å². The molecule has 1 aromatic carbocycles. The Hall–Kier alpha value is -4.13. The van der Waals surface area contributed by atoms with Crippen LogP contribution in [0.3, 0.4) is 0 Å². The Balaban J connectivity index is 1.89. The Kier molecular flexibility index (Phi) is 8.61. The van der Waals surface area contributed by atoms with Crippen molar-refractivity contribution in [3.05, 3.63) is 33.9 Å². The lowest BCUT2D eigenvalue weighted by molar-refractivity contribution is -0.385. The van der Waals surface area contributed by atoms with E-state index in [1.807, 2.05) is 12.2 Å². The summed E-state index contributed by atoms with van der Waals surface area (Å²) >= 11 is 0. The third-order valence-corrected chi connectivity index (χ3v) is 6.30. The highest BCUT2D eigenvalue weighted by molar-refractivity contribution is 7.90. The van der Waals surface area contributed by atoms with E-state index in [0.717, 1.165) is 0 Å². The van der Waals surface area contributed by atoms with Crippen LogP contribution in [-0.4, -0.2) is 66.3 Å². The number of oxime groups is 1. The van der Waals surface area contributed by atoms with Gasteiger partial charge >= 0.3 is 18.2 Å². The van der Waals surface area contributed by atoms with E-state index in [2.05, 4.69) is 20.1 Å². The number of nitro benzene ring substituents is 1. The number of rotatable bonds is 8. The minimum Gasteiger partial charge on any atom is -0.378 e. The van der Waals surface area contributed by atoms with Crippen LogP contribution >= 0.6 is 0 Å². The molecule has 0 bridgehead atoms. The molecule has 1 aliphatic rings. The van der Waals surface area contributed by atoms with Crippen LogP contribution in [0.25, 0.3) is 0 Å². The number of non-ortho nitro benzene ring substituents is 1. The van der Waals surface area contributed by atoms with Crippen molar-refractivity contribution in [2.75, 3.05) is 36.5 Å². The second kappa shape index (κ2) is 11.5. The molecule has 1 aliphatic heterocycles. The molecule has 38 heavy (non-hydrogen) atoms. The second-order valence-electron chi connectivity index (χ2n) is 7.61. The van der Waals surface area contributed by atoms with Gasteiger partial charge in [-0.05, 0) is 19.4 Å². The van der Waals surface area contributed by atoms with E-state index >= 15 is 0 Å². The quantitative estimate of drug-likeness (QED) is 0.273. The predicted octanol–water partition coefficient (Wildman–Crippen LogP) is 2.31. The average Bonchev–Trinajstić information content (AvgIpc) is 2.86. The number of nitrogens with one attached hydrogen (secondary N) is 2. The standard InChI is InChI=1S/C19H21F3N8O7S/c1-3-11(2)27-37-18-25-15(23-16(26-18)29-6-8-36-9-7-29)24-17(31)28-38(34,35)14-5-4-12(30(32)33)10-13(14)19(20,21)22/h4-5,10H,3,6-9H2,1-2H3,(H2,23,24,25,26,28,31)/b27-11+. The molecule has 1 aromatic heterocycles. The molecule has 0 spiro atoms. The Morgan fingerprint density at radius 2 is 1.95 bits per heavy atom.